The fourth-order valence-electron chi connectivity index (χ4n) is 2.14. The van der Waals surface area contributed by atoms with E-state index < -0.39 is 6.10 Å². The minimum absolute atomic E-state index is 0.225. The molecule has 0 fully saturated rings. The molecule has 1 atom stereocenters. The lowest BCUT2D eigenvalue weighted by Crippen LogP contribution is -2.07. The van der Waals surface area contributed by atoms with Gasteiger partial charge in [0, 0.05) is 11.8 Å². The van der Waals surface area contributed by atoms with Gasteiger partial charge in [0.25, 0.3) is 0 Å². The first-order valence-corrected chi connectivity index (χ1v) is 6.54. The molecule has 0 saturated heterocycles. The van der Waals surface area contributed by atoms with Crippen molar-refractivity contribution in [3.8, 4) is 5.75 Å². The maximum absolute atomic E-state index is 11.6. The van der Waals surface area contributed by atoms with E-state index >= 15 is 0 Å². The summed E-state index contributed by atoms with van der Waals surface area (Å²) in [7, 11) is 0. The van der Waals surface area contributed by atoms with Gasteiger partial charge >= 0.3 is 5.97 Å². The van der Waals surface area contributed by atoms with E-state index in [0.29, 0.717) is 12.2 Å². The first-order valence-electron chi connectivity index (χ1n) is 6.54. The smallest absolute Gasteiger partial charge is 0.311 e. The second-order valence-electron chi connectivity index (χ2n) is 4.60. The zero-order valence-electron chi connectivity index (χ0n) is 11.2. The van der Waals surface area contributed by atoms with E-state index in [1.165, 1.54) is 0 Å². The van der Waals surface area contributed by atoms with Crippen LogP contribution in [0.1, 0.15) is 38.4 Å². The number of ether oxygens (including phenoxy) is 1. The van der Waals surface area contributed by atoms with Gasteiger partial charge in [0.2, 0.25) is 0 Å². The van der Waals surface area contributed by atoms with Crippen molar-refractivity contribution < 1.29 is 14.6 Å². The molecule has 0 bridgehead atoms. The van der Waals surface area contributed by atoms with Crippen LogP contribution in [0.5, 0.6) is 5.75 Å². The van der Waals surface area contributed by atoms with Crippen molar-refractivity contribution in [1.29, 1.82) is 0 Å². The molecular formula is C16H18O3. The minimum atomic E-state index is -0.551. The first kappa shape index (κ1) is 13.6. The molecule has 0 saturated carbocycles. The van der Waals surface area contributed by atoms with Crippen LogP contribution in [0.2, 0.25) is 0 Å². The number of rotatable bonds is 4. The minimum Gasteiger partial charge on any atom is -0.426 e. The number of hydrogen-bond acceptors (Lipinski definition) is 3. The van der Waals surface area contributed by atoms with Crippen LogP contribution in [0.3, 0.4) is 0 Å². The zero-order valence-corrected chi connectivity index (χ0v) is 11.2. The molecule has 0 amide bonds. The number of aliphatic hydroxyl groups excluding tert-OH is 1. The van der Waals surface area contributed by atoms with Crippen LogP contribution in [0.4, 0.5) is 0 Å². The van der Waals surface area contributed by atoms with Gasteiger partial charge in [-0.1, -0.05) is 37.3 Å². The molecule has 0 spiro atoms. The molecule has 2 aromatic carbocycles. The Bertz CT molecular complexity index is 588. The van der Waals surface area contributed by atoms with Crippen LogP contribution >= 0.6 is 0 Å². The van der Waals surface area contributed by atoms with Crippen LogP contribution in [0.25, 0.3) is 10.8 Å². The van der Waals surface area contributed by atoms with Crippen LogP contribution in [-0.4, -0.2) is 11.1 Å². The molecule has 2 aromatic rings. The fourth-order valence-corrected chi connectivity index (χ4v) is 2.14. The van der Waals surface area contributed by atoms with Crippen molar-refractivity contribution in [2.45, 2.75) is 32.8 Å². The lowest BCUT2D eigenvalue weighted by atomic mass is 10.0. The predicted octanol–water partition coefficient (Wildman–Crippen LogP) is 3.60. The van der Waals surface area contributed by atoms with Gasteiger partial charge in [-0.2, -0.15) is 0 Å². The second kappa shape index (κ2) is 5.85. The normalized spacial score (nSPS) is 12.4. The van der Waals surface area contributed by atoms with Gasteiger partial charge in [-0.3, -0.25) is 4.79 Å². The second-order valence-corrected chi connectivity index (χ2v) is 4.60. The third-order valence-corrected chi connectivity index (χ3v) is 3.04. The van der Waals surface area contributed by atoms with Gasteiger partial charge in [-0.05, 0) is 30.4 Å². The molecular weight excluding hydrogens is 240 g/mol. The topological polar surface area (TPSA) is 46.5 Å². The van der Waals surface area contributed by atoms with E-state index in [0.717, 1.165) is 22.8 Å². The highest BCUT2D eigenvalue weighted by atomic mass is 16.5. The molecule has 0 radical (unpaired) electrons. The molecule has 100 valence electrons. The quantitative estimate of drug-likeness (QED) is 0.673. The van der Waals surface area contributed by atoms with E-state index in [1.807, 2.05) is 37.3 Å². The Balaban J connectivity index is 2.46. The Kier molecular flexibility index (Phi) is 4.17. The standard InChI is InChI=1S/C16H18O3/c1-3-6-16(18)19-15-10-5-8-13-12(11(2)17)7-4-9-14(13)15/h4-5,7-11,17H,3,6H2,1-2H3. The molecule has 19 heavy (non-hydrogen) atoms. The average Bonchev–Trinajstić information content (AvgIpc) is 2.38. The van der Waals surface area contributed by atoms with Gasteiger partial charge in [-0.25, -0.2) is 0 Å². The summed E-state index contributed by atoms with van der Waals surface area (Å²) >= 11 is 0. The van der Waals surface area contributed by atoms with Crippen molar-refractivity contribution in [3.05, 3.63) is 42.0 Å². The third kappa shape index (κ3) is 2.93. The Hall–Kier alpha value is -1.87. The Morgan fingerprint density at radius 2 is 1.89 bits per heavy atom. The summed E-state index contributed by atoms with van der Waals surface area (Å²) in [4.78, 5) is 11.6. The maximum atomic E-state index is 11.6. The Morgan fingerprint density at radius 1 is 1.21 bits per heavy atom. The predicted molar refractivity (Wildman–Crippen MR) is 75.1 cm³/mol. The van der Waals surface area contributed by atoms with E-state index in [-0.39, 0.29) is 5.97 Å². The molecule has 1 N–H and O–H groups in total. The Labute approximate surface area is 112 Å². The fraction of sp³-hybridized carbons (Fsp3) is 0.312. The largest absolute Gasteiger partial charge is 0.426 e. The molecule has 3 nitrogen and oxygen atoms in total. The molecule has 0 aliphatic heterocycles. The summed E-state index contributed by atoms with van der Waals surface area (Å²) in [5, 5.41) is 11.5. The average molecular weight is 258 g/mol. The third-order valence-electron chi connectivity index (χ3n) is 3.04. The van der Waals surface area contributed by atoms with Crippen LogP contribution in [0.15, 0.2) is 36.4 Å². The molecule has 1 unspecified atom stereocenters. The number of fused-ring (bicyclic) bond motifs is 1. The summed E-state index contributed by atoms with van der Waals surface area (Å²) in [5.41, 5.74) is 0.839. The maximum Gasteiger partial charge on any atom is 0.311 e. The van der Waals surface area contributed by atoms with Gasteiger partial charge < -0.3 is 9.84 Å². The van der Waals surface area contributed by atoms with Gasteiger partial charge in [-0.15, -0.1) is 0 Å². The van der Waals surface area contributed by atoms with Crippen molar-refractivity contribution in [2.24, 2.45) is 0 Å². The highest BCUT2D eigenvalue weighted by molar-refractivity contribution is 5.92. The molecule has 2 rings (SSSR count). The number of carbonyl (C=O) groups excluding carboxylic acids is 1. The van der Waals surface area contributed by atoms with Gasteiger partial charge in [0.05, 0.1) is 6.10 Å². The summed E-state index contributed by atoms with van der Waals surface area (Å²) in [6.07, 6.45) is 0.625. The molecule has 0 aliphatic rings. The van der Waals surface area contributed by atoms with Crippen molar-refractivity contribution in [1.82, 2.24) is 0 Å². The summed E-state index contributed by atoms with van der Waals surface area (Å²) in [5.74, 6) is 0.330. The van der Waals surface area contributed by atoms with Crippen LogP contribution in [0, 0.1) is 0 Å². The first-order chi connectivity index (χ1) is 9.13. The number of benzene rings is 2. The van der Waals surface area contributed by atoms with Crippen molar-refractivity contribution in [2.75, 3.05) is 0 Å². The van der Waals surface area contributed by atoms with Gasteiger partial charge in [0.15, 0.2) is 0 Å². The van der Waals surface area contributed by atoms with Crippen LogP contribution < -0.4 is 4.74 Å². The highest BCUT2D eigenvalue weighted by Gasteiger charge is 2.11. The summed E-state index contributed by atoms with van der Waals surface area (Å²) in [6, 6.07) is 11.2. The lowest BCUT2D eigenvalue weighted by Gasteiger charge is -2.12. The van der Waals surface area contributed by atoms with E-state index in [1.54, 1.807) is 13.0 Å². The SMILES string of the molecule is CCCC(=O)Oc1cccc2c(C(C)O)cccc12. The summed E-state index contributed by atoms with van der Waals surface area (Å²) in [6.45, 7) is 3.67. The lowest BCUT2D eigenvalue weighted by molar-refractivity contribution is -0.134. The number of esters is 1. The number of aliphatic hydroxyl groups is 1. The molecule has 3 heteroatoms. The van der Waals surface area contributed by atoms with E-state index in [2.05, 4.69) is 0 Å². The van der Waals surface area contributed by atoms with E-state index in [4.69, 9.17) is 4.74 Å². The molecule has 0 aliphatic carbocycles. The zero-order chi connectivity index (χ0) is 13.8. The van der Waals surface area contributed by atoms with E-state index in [9.17, 15) is 9.90 Å². The van der Waals surface area contributed by atoms with Crippen molar-refractivity contribution in [3.63, 3.8) is 0 Å². The molecule has 0 aromatic heterocycles. The highest BCUT2D eigenvalue weighted by Crippen LogP contribution is 2.31. The summed E-state index contributed by atoms with van der Waals surface area (Å²) < 4.78 is 5.38. The number of carbonyl (C=O) groups is 1. The van der Waals surface area contributed by atoms with Crippen LogP contribution in [-0.2, 0) is 4.79 Å². The van der Waals surface area contributed by atoms with Gasteiger partial charge in [0.1, 0.15) is 5.75 Å². The monoisotopic (exact) mass is 258 g/mol. The molecule has 0 heterocycles. The van der Waals surface area contributed by atoms with Crippen molar-refractivity contribution >= 4 is 16.7 Å². The Morgan fingerprint density at radius 3 is 2.58 bits per heavy atom. The number of hydrogen-bond donors (Lipinski definition) is 1.